The van der Waals surface area contributed by atoms with Crippen LogP contribution < -0.4 is 0 Å². The second kappa shape index (κ2) is 5.73. The van der Waals surface area contributed by atoms with E-state index in [9.17, 15) is 4.79 Å². The number of rotatable bonds is 4. The molecule has 0 unspecified atom stereocenters. The minimum Gasteiger partial charge on any atom is -0.502 e. The van der Waals surface area contributed by atoms with Crippen molar-refractivity contribution in [3.8, 4) is 0 Å². The van der Waals surface area contributed by atoms with Gasteiger partial charge >= 0.3 is 5.97 Å². The summed E-state index contributed by atoms with van der Waals surface area (Å²) in [5.41, 5.74) is 0. The molecule has 4 nitrogen and oxygen atoms in total. The Morgan fingerprint density at radius 2 is 2.27 bits per heavy atom. The lowest BCUT2D eigenvalue weighted by molar-refractivity contribution is -0.142. The summed E-state index contributed by atoms with van der Waals surface area (Å²) in [6.45, 7) is 1.64. The molecule has 0 aromatic heterocycles. The van der Waals surface area contributed by atoms with Crippen LogP contribution in [0.25, 0.3) is 0 Å². The van der Waals surface area contributed by atoms with Gasteiger partial charge in [0, 0.05) is 13.0 Å². The average molecular weight is 160 g/mol. The number of hydrogen-bond donors (Lipinski definition) is 2. The number of carbonyl (C=O) groups is 1. The Morgan fingerprint density at radius 3 is 2.73 bits per heavy atom. The van der Waals surface area contributed by atoms with Gasteiger partial charge in [-0.2, -0.15) is 0 Å². The van der Waals surface area contributed by atoms with E-state index in [1.807, 2.05) is 0 Å². The van der Waals surface area contributed by atoms with E-state index < -0.39 is 11.7 Å². The van der Waals surface area contributed by atoms with E-state index in [2.05, 4.69) is 4.74 Å². The quantitative estimate of drug-likeness (QED) is 0.270. The van der Waals surface area contributed by atoms with Gasteiger partial charge in [0.25, 0.3) is 0 Å². The van der Waals surface area contributed by atoms with Crippen molar-refractivity contribution >= 4 is 5.97 Å². The van der Waals surface area contributed by atoms with Gasteiger partial charge in [-0.3, -0.25) is 0 Å². The van der Waals surface area contributed by atoms with Gasteiger partial charge in [0.15, 0.2) is 5.76 Å². The Morgan fingerprint density at radius 1 is 1.64 bits per heavy atom. The SMILES string of the molecule is CC=C(O)C(=O)OCCCO. The summed E-state index contributed by atoms with van der Waals surface area (Å²) in [5, 5.41) is 17.1. The second-order valence-electron chi connectivity index (χ2n) is 1.89. The molecule has 0 aliphatic carbocycles. The van der Waals surface area contributed by atoms with Crippen LogP contribution in [0.5, 0.6) is 0 Å². The minimum atomic E-state index is -0.749. The molecule has 11 heavy (non-hydrogen) atoms. The molecule has 0 bridgehead atoms. The topological polar surface area (TPSA) is 66.8 Å². The van der Waals surface area contributed by atoms with Crippen LogP contribution in [-0.4, -0.2) is 29.4 Å². The maximum Gasteiger partial charge on any atom is 0.373 e. The van der Waals surface area contributed by atoms with Gasteiger partial charge in [0.1, 0.15) is 0 Å². The Labute approximate surface area is 65.1 Å². The molecule has 4 heteroatoms. The molecule has 0 rings (SSSR count). The third-order valence-corrected chi connectivity index (χ3v) is 1.02. The largest absolute Gasteiger partial charge is 0.502 e. The first-order valence-electron chi connectivity index (χ1n) is 3.35. The number of allylic oxidation sites excluding steroid dienone is 1. The Balaban J connectivity index is 3.53. The maximum absolute atomic E-state index is 10.6. The molecule has 0 atom stereocenters. The smallest absolute Gasteiger partial charge is 0.373 e. The molecule has 0 aliphatic rings. The molecule has 0 heterocycles. The molecule has 0 aliphatic heterocycles. The molecular formula is C7H12O4. The highest BCUT2D eigenvalue weighted by Gasteiger charge is 2.05. The van der Waals surface area contributed by atoms with Crippen molar-refractivity contribution in [3.05, 3.63) is 11.8 Å². The Bertz CT molecular complexity index is 151. The molecule has 0 spiro atoms. The van der Waals surface area contributed by atoms with E-state index in [1.165, 1.54) is 13.0 Å². The van der Waals surface area contributed by atoms with Gasteiger partial charge in [0.2, 0.25) is 0 Å². The maximum atomic E-state index is 10.6. The first-order valence-corrected chi connectivity index (χ1v) is 3.35. The van der Waals surface area contributed by atoms with E-state index in [-0.39, 0.29) is 13.2 Å². The standard InChI is InChI=1S/C7H12O4/c1-2-6(9)7(10)11-5-3-4-8/h2,8-9H,3-5H2,1H3. The number of aliphatic hydroxyl groups excluding tert-OH is 2. The van der Waals surface area contributed by atoms with Gasteiger partial charge in [-0.25, -0.2) is 4.79 Å². The van der Waals surface area contributed by atoms with E-state index in [1.54, 1.807) is 0 Å². The summed E-state index contributed by atoms with van der Waals surface area (Å²) < 4.78 is 4.52. The molecule has 0 saturated heterocycles. The van der Waals surface area contributed by atoms with E-state index in [0.717, 1.165) is 0 Å². The summed E-state index contributed by atoms with van der Waals surface area (Å²) >= 11 is 0. The van der Waals surface area contributed by atoms with Gasteiger partial charge in [-0.15, -0.1) is 0 Å². The van der Waals surface area contributed by atoms with Crippen molar-refractivity contribution in [1.82, 2.24) is 0 Å². The zero-order chi connectivity index (χ0) is 8.69. The number of carbonyl (C=O) groups excluding carboxylic acids is 1. The summed E-state index contributed by atoms with van der Waals surface area (Å²) in [5.74, 6) is -1.15. The van der Waals surface area contributed by atoms with Crippen molar-refractivity contribution in [2.75, 3.05) is 13.2 Å². The Kier molecular flexibility index (Phi) is 5.20. The van der Waals surface area contributed by atoms with Gasteiger partial charge in [0.05, 0.1) is 6.61 Å². The minimum absolute atomic E-state index is 0.0239. The summed E-state index contributed by atoms with van der Waals surface area (Å²) in [6.07, 6.45) is 1.64. The second-order valence-corrected chi connectivity index (χ2v) is 1.89. The molecule has 0 radical (unpaired) electrons. The van der Waals surface area contributed by atoms with Crippen LogP contribution in [0.3, 0.4) is 0 Å². The zero-order valence-electron chi connectivity index (χ0n) is 6.41. The molecule has 0 fully saturated rings. The molecular weight excluding hydrogens is 148 g/mol. The van der Waals surface area contributed by atoms with Crippen molar-refractivity contribution in [3.63, 3.8) is 0 Å². The summed E-state index contributed by atoms with van der Waals surface area (Å²) in [6, 6.07) is 0. The van der Waals surface area contributed by atoms with E-state index >= 15 is 0 Å². The lowest BCUT2D eigenvalue weighted by Crippen LogP contribution is -2.09. The number of ether oxygens (including phenoxy) is 1. The van der Waals surface area contributed by atoms with Crippen LogP contribution in [0.15, 0.2) is 11.8 Å². The van der Waals surface area contributed by atoms with Crippen LogP contribution >= 0.6 is 0 Å². The first kappa shape index (κ1) is 9.97. The van der Waals surface area contributed by atoms with Crippen LogP contribution in [0.1, 0.15) is 13.3 Å². The van der Waals surface area contributed by atoms with Gasteiger partial charge < -0.3 is 14.9 Å². The van der Waals surface area contributed by atoms with Crippen LogP contribution in [-0.2, 0) is 9.53 Å². The normalized spacial score (nSPS) is 11.3. The average Bonchev–Trinajstić information content (AvgIpc) is 2.03. The Hall–Kier alpha value is -1.03. The number of aliphatic hydroxyl groups is 2. The molecule has 0 saturated carbocycles. The third kappa shape index (κ3) is 4.38. The highest BCUT2D eigenvalue weighted by molar-refractivity contribution is 5.85. The highest BCUT2D eigenvalue weighted by Crippen LogP contribution is 1.92. The molecule has 0 aromatic rings. The van der Waals surface area contributed by atoms with Crippen LogP contribution in [0.4, 0.5) is 0 Å². The van der Waals surface area contributed by atoms with Crippen molar-refractivity contribution < 1.29 is 19.7 Å². The highest BCUT2D eigenvalue weighted by atomic mass is 16.5. The van der Waals surface area contributed by atoms with Crippen molar-refractivity contribution in [2.24, 2.45) is 0 Å². The van der Waals surface area contributed by atoms with Crippen LogP contribution in [0, 0.1) is 0 Å². The predicted molar refractivity (Wildman–Crippen MR) is 39.0 cm³/mol. The number of hydrogen-bond acceptors (Lipinski definition) is 4. The summed E-state index contributed by atoms with van der Waals surface area (Å²) in [4.78, 5) is 10.6. The molecule has 0 aromatic carbocycles. The zero-order valence-corrected chi connectivity index (χ0v) is 6.41. The fourth-order valence-corrected chi connectivity index (χ4v) is 0.421. The van der Waals surface area contributed by atoms with Gasteiger partial charge in [-0.1, -0.05) is 0 Å². The van der Waals surface area contributed by atoms with Crippen molar-refractivity contribution in [1.29, 1.82) is 0 Å². The molecule has 2 N–H and O–H groups in total. The first-order chi connectivity index (χ1) is 5.22. The molecule has 64 valence electrons. The van der Waals surface area contributed by atoms with E-state index in [4.69, 9.17) is 10.2 Å². The van der Waals surface area contributed by atoms with Crippen LogP contribution in [0.2, 0.25) is 0 Å². The monoisotopic (exact) mass is 160 g/mol. The lowest BCUT2D eigenvalue weighted by atomic mass is 10.4. The lowest BCUT2D eigenvalue weighted by Gasteiger charge is -2.00. The predicted octanol–water partition coefficient (Wildman–Crippen LogP) is 0.374. The van der Waals surface area contributed by atoms with E-state index in [0.29, 0.717) is 6.42 Å². The third-order valence-electron chi connectivity index (χ3n) is 1.02. The molecule has 0 amide bonds. The summed E-state index contributed by atoms with van der Waals surface area (Å²) in [7, 11) is 0. The fourth-order valence-electron chi connectivity index (χ4n) is 0.421. The number of esters is 1. The fraction of sp³-hybridized carbons (Fsp3) is 0.571. The van der Waals surface area contributed by atoms with Crippen molar-refractivity contribution in [2.45, 2.75) is 13.3 Å². The van der Waals surface area contributed by atoms with Gasteiger partial charge in [-0.05, 0) is 13.0 Å².